The summed E-state index contributed by atoms with van der Waals surface area (Å²) in [7, 11) is 0. The fourth-order valence-electron chi connectivity index (χ4n) is 2.40. The molecule has 0 amide bonds. The zero-order valence-corrected chi connectivity index (χ0v) is 9.39. The number of rotatable bonds is 1. The summed E-state index contributed by atoms with van der Waals surface area (Å²) in [4.78, 5) is 12.0. The van der Waals surface area contributed by atoms with Gasteiger partial charge in [-0.3, -0.25) is 4.79 Å². The molecule has 1 fully saturated rings. The third kappa shape index (κ3) is 2.32. The van der Waals surface area contributed by atoms with E-state index in [1.54, 1.807) is 0 Å². The quantitative estimate of drug-likeness (QED) is 0.607. The second kappa shape index (κ2) is 3.81. The molecule has 1 aliphatic carbocycles. The van der Waals surface area contributed by atoms with Crippen LogP contribution in [0.5, 0.6) is 0 Å². The van der Waals surface area contributed by atoms with E-state index in [0.29, 0.717) is 17.6 Å². The smallest absolute Gasteiger partial charge is 0.139 e. The number of Topliss-reactive ketones (excluding diaryl/α,β-unsaturated/α-hetero) is 1. The van der Waals surface area contributed by atoms with Crippen LogP contribution in [-0.4, -0.2) is 5.78 Å². The molecule has 2 unspecified atom stereocenters. The summed E-state index contributed by atoms with van der Waals surface area (Å²) in [5.74, 6) is 1.20. The molecule has 1 heteroatoms. The third-order valence-corrected chi connectivity index (χ3v) is 3.33. The Hall–Kier alpha value is -0.330. The van der Waals surface area contributed by atoms with E-state index >= 15 is 0 Å². The summed E-state index contributed by atoms with van der Waals surface area (Å²) in [6.45, 7) is 8.70. The van der Waals surface area contributed by atoms with Crippen molar-refractivity contribution in [2.45, 2.75) is 53.4 Å². The number of ketones is 1. The van der Waals surface area contributed by atoms with Crippen molar-refractivity contribution in [3.05, 3.63) is 0 Å². The zero-order chi connectivity index (χ0) is 10.1. The monoisotopic (exact) mass is 182 g/mol. The Morgan fingerprint density at radius 2 is 1.92 bits per heavy atom. The van der Waals surface area contributed by atoms with Crippen molar-refractivity contribution < 1.29 is 4.79 Å². The highest BCUT2D eigenvalue weighted by molar-refractivity contribution is 5.84. The van der Waals surface area contributed by atoms with E-state index in [9.17, 15) is 4.79 Å². The van der Waals surface area contributed by atoms with Crippen LogP contribution >= 0.6 is 0 Å². The van der Waals surface area contributed by atoms with Gasteiger partial charge in [-0.2, -0.15) is 0 Å². The lowest BCUT2D eigenvalue weighted by atomic mass is 9.68. The minimum absolute atomic E-state index is 0.172. The lowest BCUT2D eigenvalue weighted by Gasteiger charge is -2.35. The first-order valence-corrected chi connectivity index (χ1v) is 5.50. The normalized spacial score (nSPS) is 30.6. The Balaban J connectivity index is 2.71. The summed E-state index contributed by atoms with van der Waals surface area (Å²) in [6, 6.07) is 0. The maximum atomic E-state index is 12.0. The molecular weight excluding hydrogens is 160 g/mol. The van der Waals surface area contributed by atoms with E-state index in [4.69, 9.17) is 0 Å². The lowest BCUT2D eigenvalue weighted by Crippen LogP contribution is -2.36. The van der Waals surface area contributed by atoms with Crippen molar-refractivity contribution in [1.29, 1.82) is 0 Å². The van der Waals surface area contributed by atoms with Crippen LogP contribution in [0.2, 0.25) is 0 Å². The maximum absolute atomic E-state index is 12.0. The average molecular weight is 182 g/mol. The maximum Gasteiger partial charge on any atom is 0.139 e. The largest absolute Gasteiger partial charge is 0.299 e. The molecule has 1 aliphatic rings. The molecule has 0 aromatic carbocycles. The molecule has 2 atom stereocenters. The van der Waals surface area contributed by atoms with Gasteiger partial charge in [-0.05, 0) is 24.7 Å². The Labute approximate surface area is 81.9 Å². The Morgan fingerprint density at radius 1 is 1.31 bits per heavy atom. The second-order valence-corrected chi connectivity index (χ2v) is 5.36. The van der Waals surface area contributed by atoms with Crippen LogP contribution in [0.4, 0.5) is 0 Å². The highest BCUT2D eigenvalue weighted by atomic mass is 16.1. The molecule has 1 nitrogen and oxygen atoms in total. The predicted molar refractivity (Wildman–Crippen MR) is 55.6 cm³/mol. The number of carbonyl (C=O) groups is 1. The van der Waals surface area contributed by atoms with Crippen LogP contribution in [0.25, 0.3) is 0 Å². The summed E-state index contributed by atoms with van der Waals surface area (Å²) in [5.41, 5.74) is 0.172. The predicted octanol–water partition coefficient (Wildman–Crippen LogP) is 3.43. The molecule has 0 radical (unpaired) electrons. The average Bonchev–Trinajstić information content (AvgIpc) is 2.02. The molecule has 1 saturated carbocycles. The van der Waals surface area contributed by atoms with Crippen molar-refractivity contribution in [3.63, 3.8) is 0 Å². The molecule has 13 heavy (non-hydrogen) atoms. The topological polar surface area (TPSA) is 17.1 Å². The summed E-state index contributed by atoms with van der Waals surface area (Å²) < 4.78 is 0. The number of carbonyl (C=O) groups excluding carboxylic acids is 1. The van der Waals surface area contributed by atoms with Crippen LogP contribution in [0.15, 0.2) is 0 Å². The molecule has 0 bridgehead atoms. The lowest BCUT2D eigenvalue weighted by molar-refractivity contribution is -0.133. The van der Waals surface area contributed by atoms with Gasteiger partial charge >= 0.3 is 0 Å². The molecule has 0 aromatic rings. The molecule has 0 heterocycles. The Morgan fingerprint density at radius 3 is 2.38 bits per heavy atom. The fourth-order valence-corrected chi connectivity index (χ4v) is 2.40. The standard InChI is InChI=1S/C12H22O/c1-5-9-7-6-8-10(11(9)13)12(2,3)4/h9-10H,5-8H2,1-4H3. The first-order chi connectivity index (χ1) is 5.96. The van der Waals surface area contributed by atoms with Gasteiger partial charge in [-0.15, -0.1) is 0 Å². The first kappa shape index (κ1) is 10.7. The van der Waals surface area contributed by atoms with Gasteiger partial charge in [0, 0.05) is 11.8 Å². The van der Waals surface area contributed by atoms with Crippen molar-refractivity contribution >= 4 is 5.78 Å². The molecule has 76 valence electrons. The van der Waals surface area contributed by atoms with E-state index in [1.807, 2.05) is 0 Å². The zero-order valence-electron chi connectivity index (χ0n) is 9.39. The van der Waals surface area contributed by atoms with E-state index < -0.39 is 0 Å². The SMILES string of the molecule is CCC1CCCC(C(C)(C)C)C1=O. The van der Waals surface area contributed by atoms with Gasteiger partial charge in [0.15, 0.2) is 0 Å². The van der Waals surface area contributed by atoms with Gasteiger partial charge < -0.3 is 0 Å². The molecule has 0 aromatic heterocycles. The Bertz CT molecular complexity index is 188. The van der Waals surface area contributed by atoms with E-state index in [2.05, 4.69) is 27.7 Å². The van der Waals surface area contributed by atoms with Gasteiger partial charge in [-0.25, -0.2) is 0 Å². The van der Waals surface area contributed by atoms with Crippen molar-refractivity contribution in [2.24, 2.45) is 17.3 Å². The van der Waals surface area contributed by atoms with E-state index in [1.165, 1.54) is 6.42 Å². The molecule has 1 rings (SSSR count). The number of hydrogen-bond donors (Lipinski definition) is 0. The third-order valence-electron chi connectivity index (χ3n) is 3.33. The first-order valence-electron chi connectivity index (χ1n) is 5.50. The minimum atomic E-state index is 0.172. The van der Waals surface area contributed by atoms with Crippen molar-refractivity contribution in [1.82, 2.24) is 0 Å². The molecular formula is C12H22O. The van der Waals surface area contributed by atoms with Crippen LogP contribution < -0.4 is 0 Å². The van der Waals surface area contributed by atoms with Crippen LogP contribution in [0, 0.1) is 17.3 Å². The van der Waals surface area contributed by atoms with Crippen LogP contribution in [-0.2, 0) is 4.79 Å². The van der Waals surface area contributed by atoms with Gasteiger partial charge in [0.2, 0.25) is 0 Å². The summed E-state index contributed by atoms with van der Waals surface area (Å²) in [5, 5.41) is 0. The molecule has 0 aliphatic heterocycles. The van der Waals surface area contributed by atoms with Crippen LogP contribution in [0.1, 0.15) is 53.4 Å². The van der Waals surface area contributed by atoms with Gasteiger partial charge in [0.1, 0.15) is 5.78 Å². The number of hydrogen-bond acceptors (Lipinski definition) is 1. The summed E-state index contributed by atoms with van der Waals surface area (Å²) >= 11 is 0. The van der Waals surface area contributed by atoms with Gasteiger partial charge in [0.05, 0.1) is 0 Å². The fraction of sp³-hybridized carbons (Fsp3) is 0.917. The summed E-state index contributed by atoms with van der Waals surface area (Å²) in [6.07, 6.45) is 4.51. The van der Waals surface area contributed by atoms with Gasteiger partial charge in [-0.1, -0.05) is 34.1 Å². The molecule has 0 saturated heterocycles. The Kier molecular flexibility index (Phi) is 3.15. The highest BCUT2D eigenvalue weighted by Crippen LogP contribution is 2.38. The van der Waals surface area contributed by atoms with Crippen LogP contribution in [0.3, 0.4) is 0 Å². The highest BCUT2D eigenvalue weighted by Gasteiger charge is 2.37. The molecule has 0 N–H and O–H groups in total. The minimum Gasteiger partial charge on any atom is -0.299 e. The molecule has 0 spiro atoms. The van der Waals surface area contributed by atoms with Crippen molar-refractivity contribution in [3.8, 4) is 0 Å². The van der Waals surface area contributed by atoms with E-state index in [-0.39, 0.29) is 5.41 Å². The van der Waals surface area contributed by atoms with Crippen molar-refractivity contribution in [2.75, 3.05) is 0 Å². The second-order valence-electron chi connectivity index (χ2n) is 5.36. The van der Waals surface area contributed by atoms with Gasteiger partial charge in [0.25, 0.3) is 0 Å². The van der Waals surface area contributed by atoms with E-state index in [0.717, 1.165) is 19.3 Å².